The summed E-state index contributed by atoms with van der Waals surface area (Å²) in [4.78, 5) is 4.42. The van der Waals surface area contributed by atoms with Crippen molar-refractivity contribution in [2.75, 3.05) is 12.8 Å². The fourth-order valence-electron chi connectivity index (χ4n) is 1.92. The molecule has 1 fully saturated rings. The van der Waals surface area contributed by atoms with Crippen LogP contribution in [-0.2, 0) is 10.0 Å². The first kappa shape index (κ1) is 12.5. The van der Waals surface area contributed by atoms with Crippen molar-refractivity contribution in [1.82, 2.24) is 9.29 Å². The van der Waals surface area contributed by atoms with Crippen molar-refractivity contribution in [2.24, 2.45) is 0 Å². The maximum Gasteiger partial charge on any atom is 0.211 e. The number of rotatable bonds is 2. The normalized spacial score (nSPS) is 22.8. The zero-order chi connectivity index (χ0) is 11.9. The van der Waals surface area contributed by atoms with E-state index in [4.69, 9.17) is 0 Å². The smallest absolute Gasteiger partial charge is 0.211 e. The zero-order valence-corrected chi connectivity index (χ0v) is 12.3. The summed E-state index contributed by atoms with van der Waals surface area (Å²) in [5.41, 5.74) is 0.931. The molecule has 0 spiro atoms. The van der Waals surface area contributed by atoms with E-state index in [9.17, 15) is 8.42 Å². The van der Waals surface area contributed by atoms with E-state index in [-0.39, 0.29) is 6.04 Å². The average molecular weight is 325 g/mol. The van der Waals surface area contributed by atoms with Crippen molar-refractivity contribution in [2.45, 2.75) is 25.8 Å². The van der Waals surface area contributed by atoms with E-state index in [1.54, 1.807) is 4.31 Å². The summed E-state index contributed by atoms with van der Waals surface area (Å²) in [5.74, 6) is 0. The lowest BCUT2D eigenvalue weighted by atomic mass is 10.2. The molecule has 1 saturated heterocycles. The standard InChI is InChI=1S/C9H13BrN2O2S2/c1-6-8(10)15-9(11-6)7-4-3-5-12(7)16(2,13)14/h7H,3-5H2,1-2H3. The van der Waals surface area contributed by atoms with Crippen molar-refractivity contribution in [3.8, 4) is 0 Å². The van der Waals surface area contributed by atoms with E-state index in [2.05, 4.69) is 20.9 Å². The first-order valence-corrected chi connectivity index (χ1v) is 8.45. The second-order valence-electron chi connectivity index (χ2n) is 3.94. The van der Waals surface area contributed by atoms with Crippen LogP contribution in [0.25, 0.3) is 0 Å². The molecule has 16 heavy (non-hydrogen) atoms. The third-order valence-electron chi connectivity index (χ3n) is 2.67. The molecule has 2 rings (SSSR count). The summed E-state index contributed by atoms with van der Waals surface area (Å²) >= 11 is 4.95. The van der Waals surface area contributed by atoms with Gasteiger partial charge < -0.3 is 0 Å². The molecule has 0 N–H and O–H groups in total. The van der Waals surface area contributed by atoms with Crippen LogP contribution in [0.4, 0.5) is 0 Å². The van der Waals surface area contributed by atoms with Crippen molar-refractivity contribution in [3.63, 3.8) is 0 Å². The fraction of sp³-hybridized carbons (Fsp3) is 0.667. The molecular weight excluding hydrogens is 312 g/mol. The summed E-state index contributed by atoms with van der Waals surface area (Å²) in [7, 11) is -3.12. The van der Waals surface area contributed by atoms with E-state index < -0.39 is 10.0 Å². The summed E-state index contributed by atoms with van der Waals surface area (Å²) in [5, 5.41) is 0.896. The van der Waals surface area contributed by atoms with Crippen LogP contribution in [0.2, 0.25) is 0 Å². The first-order valence-electron chi connectivity index (χ1n) is 4.99. The highest BCUT2D eigenvalue weighted by Crippen LogP contribution is 2.38. The van der Waals surface area contributed by atoms with Gasteiger partial charge in [0.1, 0.15) is 5.01 Å². The molecule has 1 unspecified atom stereocenters. The molecule has 4 nitrogen and oxygen atoms in total. The average Bonchev–Trinajstić information content (AvgIpc) is 2.72. The molecule has 0 aromatic carbocycles. The Kier molecular flexibility index (Phi) is 3.40. The number of hydrogen-bond donors (Lipinski definition) is 0. The molecule has 1 aliphatic rings. The summed E-state index contributed by atoms with van der Waals surface area (Å²) in [6, 6.07) is -0.0648. The summed E-state index contributed by atoms with van der Waals surface area (Å²) in [6.07, 6.45) is 3.04. The van der Waals surface area contributed by atoms with Crippen LogP contribution in [0, 0.1) is 6.92 Å². The van der Waals surface area contributed by atoms with Gasteiger partial charge in [0, 0.05) is 6.54 Å². The number of hydrogen-bond acceptors (Lipinski definition) is 4. The predicted octanol–water partition coefficient (Wildman–Crippen LogP) is 2.31. The Labute approximate surface area is 108 Å². The molecule has 90 valence electrons. The molecule has 0 bridgehead atoms. The van der Waals surface area contributed by atoms with Gasteiger partial charge in [0.05, 0.1) is 21.8 Å². The molecule has 0 amide bonds. The van der Waals surface area contributed by atoms with Gasteiger partial charge >= 0.3 is 0 Å². The Bertz CT molecular complexity index is 478. The van der Waals surface area contributed by atoms with E-state index in [1.807, 2.05) is 6.92 Å². The Morgan fingerprint density at radius 1 is 1.56 bits per heavy atom. The minimum atomic E-state index is -3.12. The van der Waals surface area contributed by atoms with E-state index in [1.165, 1.54) is 17.6 Å². The van der Waals surface area contributed by atoms with Gasteiger partial charge in [-0.05, 0) is 35.7 Å². The van der Waals surface area contributed by atoms with Gasteiger partial charge in [-0.2, -0.15) is 4.31 Å². The molecule has 0 aliphatic carbocycles. The van der Waals surface area contributed by atoms with Crippen LogP contribution in [-0.4, -0.2) is 30.5 Å². The minimum absolute atomic E-state index is 0.0648. The van der Waals surface area contributed by atoms with Crippen LogP contribution >= 0.6 is 27.3 Å². The van der Waals surface area contributed by atoms with Crippen molar-refractivity contribution in [3.05, 3.63) is 14.5 Å². The second-order valence-corrected chi connectivity index (χ2v) is 8.23. The fourth-order valence-corrected chi connectivity index (χ4v) is 4.65. The molecule has 1 aliphatic heterocycles. The quantitative estimate of drug-likeness (QED) is 0.838. The molecule has 0 radical (unpaired) electrons. The van der Waals surface area contributed by atoms with Crippen molar-refractivity contribution < 1.29 is 8.42 Å². The van der Waals surface area contributed by atoms with Crippen LogP contribution in [0.5, 0.6) is 0 Å². The maximum atomic E-state index is 11.6. The monoisotopic (exact) mass is 324 g/mol. The van der Waals surface area contributed by atoms with E-state index in [0.29, 0.717) is 6.54 Å². The van der Waals surface area contributed by atoms with E-state index in [0.717, 1.165) is 27.3 Å². The molecule has 2 heterocycles. The minimum Gasteiger partial charge on any atom is -0.244 e. The van der Waals surface area contributed by atoms with Crippen LogP contribution in [0.3, 0.4) is 0 Å². The van der Waals surface area contributed by atoms with Crippen LogP contribution < -0.4 is 0 Å². The third-order valence-corrected chi connectivity index (χ3v) is 6.07. The Balaban J connectivity index is 2.34. The topological polar surface area (TPSA) is 50.3 Å². The zero-order valence-electron chi connectivity index (χ0n) is 9.10. The van der Waals surface area contributed by atoms with Gasteiger partial charge in [0.15, 0.2) is 0 Å². The molecule has 1 atom stereocenters. The third kappa shape index (κ3) is 2.32. The molecule has 7 heteroatoms. The van der Waals surface area contributed by atoms with Gasteiger partial charge in [-0.15, -0.1) is 11.3 Å². The van der Waals surface area contributed by atoms with Crippen molar-refractivity contribution in [1.29, 1.82) is 0 Å². The Morgan fingerprint density at radius 3 is 2.75 bits per heavy atom. The second kappa shape index (κ2) is 4.36. The number of nitrogens with zero attached hydrogens (tertiary/aromatic N) is 2. The SMILES string of the molecule is Cc1nc(C2CCCN2S(C)(=O)=O)sc1Br. The highest BCUT2D eigenvalue weighted by molar-refractivity contribution is 9.11. The number of sulfonamides is 1. The Hall–Kier alpha value is 0.0200. The molecule has 1 aromatic heterocycles. The lowest BCUT2D eigenvalue weighted by molar-refractivity contribution is 0.399. The first-order chi connectivity index (χ1) is 7.39. The number of aryl methyl sites for hydroxylation is 1. The molecular formula is C9H13BrN2O2S2. The van der Waals surface area contributed by atoms with Gasteiger partial charge in [-0.1, -0.05) is 0 Å². The van der Waals surface area contributed by atoms with E-state index >= 15 is 0 Å². The molecule has 1 aromatic rings. The lowest BCUT2D eigenvalue weighted by Crippen LogP contribution is -2.29. The highest BCUT2D eigenvalue weighted by Gasteiger charge is 2.34. The number of thiazole rings is 1. The summed E-state index contributed by atoms with van der Waals surface area (Å²) in [6.45, 7) is 2.53. The Morgan fingerprint density at radius 2 is 2.25 bits per heavy atom. The van der Waals surface area contributed by atoms with Gasteiger partial charge in [-0.3, -0.25) is 0 Å². The lowest BCUT2D eigenvalue weighted by Gasteiger charge is -2.19. The van der Waals surface area contributed by atoms with Gasteiger partial charge in [0.25, 0.3) is 0 Å². The maximum absolute atomic E-state index is 11.6. The van der Waals surface area contributed by atoms with Crippen molar-refractivity contribution >= 4 is 37.3 Å². The highest BCUT2D eigenvalue weighted by atomic mass is 79.9. The van der Waals surface area contributed by atoms with Crippen LogP contribution in [0.15, 0.2) is 3.79 Å². The van der Waals surface area contributed by atoms with Gasteiger partial charge in [0.2, 0.25) is 10.0 Å². The number of halogens is 1. The predicted molar refractivity (Wildman–Crippen MR) is 68.1 cm³/mol. The largest absolute Gasteiger partial charge is 0.244 e. The van der Waals surface area contributed by atoms with Gasteiger partial charge in [-0.25, -0.2) is 13.4 Å². The van der Waals surface area contributed by atoms with Crippen LogP contribution in [0.1, 0.15) is 29.6 Å². The number of aromatic nitrogens is 1. The molecule has 0 saturated carbocycles. The summed E-state index contributed by atoms with van der Waals surface area (Å²) < 4.78 is 25.7.